The fourth-order valence-electron chi connectivity index (χ4n) is 1.74. The van der Waals surface area contributed by atoms with Crippen LogP contribution in [0.15, 0.2) is 41.6 Å². The van der Waals surface area contributed by atoms with Crippen molar-refractivity contribution in [2.75, 3.05) is 0 Å². The first-order chi connectivity index (χ1) is 8.59. The van der Waals surface area contributed by atoms with E-state index in [1.54, 1.807) is 37.6 Å². The molecule has 2 rings (SSSR count). The molecule has 0 radical (unpaired) electrons. The molecule has 0 aromatic carbocycles. The molecule has 92 valence electrons. The van der Waals surface area contributed by atoms with E-state index in [2.05, 4.69) is 4.98 Å². The van der Waals surface area contributed by atoms with Gasteiger partial charge in [0, 0.05) is 18.6 Å². The Morgan fingerprint density at radius 1 is 1.44 bits per heavy atom. The van der Waals surface area contributed by atoms with E-state index in [0.29, 0.717) is 12.1 Å². The largest absolute Gasteiger partial charge is 0.477 e. The molecule has 0 fully saturated rings. The first kappa shape index (κ1) is 12.0. The summed E-state index contributed by atoms with van der Waals surface area (Å²) in [5, 5.41) is 9.01. The predicted molar refractivity (Wildman–Crippen MR) is 65.7 cm³/mol. The highest BCUT2D eigenvalue weighted by Gasteiger charge is 2.14. The van der Waals surface area contributed by atoms with E-state index in [1.807, 2.05) is 6.07 Å². The maximum absolute atomic E-state index is 12.0. The number of carbonyl (C=O) groups is 1. The van der Waals surface area contributed by atoms with Crippen LogP contribution in [0.4, 0.5) is 0 Å². The van der Waals surface area contributed by atoms with Crippen LogP contribution in [0.1, 0.15) is 21.5 Å². The van der Waals surface area contributed by atoms with Gasteiger partial charge >= 0.3 is 5.97 Å². The van der Waals surface area contributed by atoms with Crippen molar-refractivity contribution < 1.29 is 9.90 Å². The van der Waals surface area contributed by atoms with Crippen LogP contribution in [-0.2, 0) is 6.54 Å². The second kappa shape index (κ2) is 4.83. The van der Waals surface area contributed by atoms with Crippen LogP contribution in [0.25, 0.3) is 0 Å². The van der Waals surface area contributed by atoms with Gasteiger partial charge in [-0.3, -0.25) is 9.78 Å². The number of pyridine rings is 2. The maximum atomic E-state index is 12.0. The Labute approximate surface area is 103 Å². The Bertz CT molecular complexity index is 632. The highest BCUT2D eigenvalue weighted by Crippen LogP contribution is 2.04. The number of hydrogen-bond donors (Lipinski definition) is 1. The van der Waals surface area contributed by atoms with Gasteiger partial charge in [0.1, 0.15) is 5.56 Å². The van der Waals surface area contributed by atoms with Gasteiger partial charge in [0.05, 0.1) is 6.54 Å². The number of carboxylic acid groups (broad SMARTS) is 1. The molecule has 0 aliphatic rings. The molecule has 0 aliphatic carbocycles. The minimum atomic E-state index is -1.20. The molecule has 0 atom stereocenters. The van der Waals surface area contributed by atoms with Gasteiger partial charge in [0.25, 0.3) is 5.56 Å². The average Bonchev–Trinajstić information content (AvgIpc) is 2.34. The molecule has 2 heterocycles. The van der Waals surface area contributed by atoms with E-state index >= 15 is 0 Å². The van der Waals surface area contributed by atoms with Crippen LogP contribution in [0.3, 0.4) is 0 Å². The average molecular weight is 244 g/mol. The number of hydrogen-bond acceptors (Lipinski definition) is 3. The third-order valence-corrected chi connectivity index (χ3v) is 2.66. The fourth-order valence-corrected chi connectivity index (χ4v) is 1.74. The van der Waals surface area contributed by atoms with Crippen LogP contribution in [-0.4, -0.2) is 20.6 Å². The summed E-state index contributed by atoms with van der Waals surface area (Å²) < 4.78 is 1.37. The quantitative estimate of drug-likeness (QED) is 0.883. The summed E-state index contributed by atoms with van der Waals surface area (Å²) in [7, 11) is 0. The van der Waals surface area contributed by atoms with E-state index < -0.39 is 11.5 Å². The smallest absolute Gasteiger partial charge is 0.341 e. The molecule has 18 heavy (non-hydrogen) atoms. The molecule has 1 N–H and O–H groups in total. The third-order valence-electron chi connectivity index (χ3n) is 2.66. The molecule has 0 bridgehead atoms. The minimum absolute atomic E-state index is 0.179. The molecule has 0 aliphatic heterocycles. The molecular formula is C13H12N2O3. The van der Waals surface area contributed by atoms with E-state index in [-0.39, 0.29) is 5.56 Å². The van der Waals surface area contributed by atoms with Gasteiger partial charge in [-0.1, -0.05) is 6.07 Å². The van der Waals surface area contributed by atoms with Crippen LogP contribution in [0, 0.1) is 6.92 Å². The molecule has 0 saturated carbocycles. The molecule has 5 heteroatoms. The monoisotopic (exact) mass is 244 g/mol. The molecule has 0 spiro atoms. The number of aromatic nitrogens is 2. The Balaban J connectivity index is 2.45. The number of aryl methyl sites for hydroxylation is 1. The maximum Gasteiger partial charge on any atom is 0.341 e. The summed E-state index contributed by atoms with van der Waals surface area (Å²) in [5.74, 6) is -1.20. The Hall–Kier alpha value is -2.43. The van der Waals surface area contributed by atoms with Gasteiger partial charge in [-0.25, -0.2) is 4.79 Å². The van der Waals surface area contributed by atoms with Crippen LogP contribution >= 0.6 is 0 Å². The first-order valence-corrected chi connectivity index (χ1v) is 5.42. The molecular weight excluding hydrogens is 232 g/mol. The molecule has 2 aromatic heterocycles. The lowest BCUT2D eigenvalue weighted by atomic mass is 10.1. The summed E-state index contributed by atoms with van der Waals surface area (Å²) in [6.07, 6.45) is 4.88. The highest BCUT2D eigenvalue weighted by atomic mass is 16.4. The zero-order valence-corrected chi connectivity index (χ0v) is 9.83. The van der Waals surface area contributed by atoms with Crippen molar-refractivity contribution >= 4 is 5.97 Å². The van der Waals surface area contributed by atoms with E-state index in [9.17, 15) is 9.59 Å². The highest BCUT2D eigenvalue weighted by molar-refractivity contribution is 5.88. The molecule has 0 unspecified atom stereocenters. The summed E-state index contributed by atoms with van der Waals surface area (Å²) in [4.78, 5) is 27.0. The second-order valence-corrected chi connectivity index (χ2v) is 3.97. The van der Waals surface area contributed by atoms with Gasteiger partial charge in [0.15, 0.2) is 0 Å². The lowest BCUT2D eigenvalue weighted by Crippen LogP contribution is -2.27. The predicted octanol–water partition coefficient (Wildman–Crippen LogP) is 1.30. The minimum Gasteiger partial charge on any atom is -0.477 e. The molecule has 0 amide bonds. The van der Waals surface area contributed by atoms with Crippen molar-refractivity contribution in [2.24, 2.45) is 0 Å². The zero-order chi connectivity index (χ0) is 13.1. The van der Waals surface area contributed by atoms with Gasteiger partial charge in [-0.05, 0) is 30.2 Å². The SMILES string of the molecule is Cc1ccn(Cc2cccnc2)c(=O)c1C(=O)O. The van der Waals surface area contributed by atoms with Crippen LogP contribution in [0.2, 0.25) is 0 Å². The normalized spacial score (nSPS) is 10.3. The number of nitrogens with zero attached hydrogens (tertiary/aromatic N) is 2. The van der Waals surface area contributed by atoms with E-state index in [0.717, 1.165) is 5.56 Å². The molecule has 5 nitrogen and oxygen atoms in total. The summed E-state index contributed by atoms with van der Waals surface area (Å²) in [5.41, 5.74) is 0.641. The summed E-state index contributed by atoms with van der Waals surface area (Å²) in [6.45, 7) is 1.92. The van der Waals surface area contributed by atoms with Gasteiger partial charge in [-0.2, -0.15) is 0 Å². The summed E-state index contributed by atoms with van der Waals surface area (Å²) in [6, 6.07) is 5.23. The molecule has 2 aromatic rings. The lowest BCUT2D eigenvalue weighted by Gasteiger charge is -2.08. The third kappa shape index (κ3) is 2.29. The fraction of sp³-hybridized carbons (Fsp3) is 0.154. The molecule has 0 saturated heterocycles. The number of rotatable bonds is 3. The second-order valence-electron chi connectivity index (χ2n) is 3.97. The topological polar surface area (TPSA) is 72.2 Å². The van der Waals surface area contributed by atoms with Crippen molar-refractivity contribution in [1.29, 1.82) is 0 Å². The van der Waals surface area contributed by atoms with Crippen LogP contribution in [0.5, 0.6) is 0 Å². The van der Waals surface area contributed by atoms with E-state index in [4.69, 9.17) is 5.11 Å². The van der Waals surface area contributed by atoms with Crippen molar-refractivity contribution in [3.63, 3.8) is 0 Å². The number of carboxylic acids is 1. The van der Waals surface area contributed by atoms with Crippen molar-refractivity contribution in [3.05, 3.63) is 63.8 Å². The Kier molecular flexibility index (Phi) is 3.23. The zero-order valence-electron chi connectivity index (χ0n) is 9.83. The standard InChI is InChI=1S/C13H12N2O3/c1-9-4-6-15(12(16)11(9)13(17)18)8-10-3-2-5-14-7-10/h2-7H,8H2,1H3,(H,17,18). The Morgan fingerprint density at radius 3 is 2.83 bits per heavy atom. The van der Waals surface area contributed by atoms with Crippen molar-refractivity contribution in [1.82, 2.24) is 9.55 Å². The lowest BCUT2D eigenvalue weighted by molar-refractivity contribution is 0.0693. The van der Waals surface area contributed by atoms with Gasteiger partial charge in [-0.15, -0.1) is 0 Å². The van der Waals surface area contributed by atoms with Crippen molar-refractivity contribution in [2.45, 2.75) is 13.5 Å². The van der Waals surface area contributed by atoms with Gasteiger partial charge in [0.2, 0.25) is 0 Å². The number of aromatic carboxylic acids is 1. The van der Waals surface area contributed by atoms with E-state index in [1.165, 1.54) is 4.57 Å². The van der Waals surface area contributed by atoms with Crippen LogP contribution < -0.4 is 5.56 Å². The van der Waals surface area contributed by atoms with Gasteiger partial charge < -0.3 is 9.67 Å². The first-order valence-electron chi connectivity index (χ1n) is 5.42. The summed E-state index contributed by atoms with van der Waals surface area (Å²) >= 11 is 0. The van der Waals surface area contributed by atoms with Crippen molar-refractivity contribution in [3.8, 4) is 0 Å². The Morgan fingerprint density at radius 2 is 2.22 bits per heavy atom.